The molecule has 0 fully saturated rings. The third-order valence-electron chi connectivity index (χ3n) is 2.51. The number of hydrogen-bond donors (Lipinski definition) is 1. The third-order valence-corrected chi connectivity index (χ3v) is 2.51. The van der Waals surface area contributed by atoms with Crippen LogP contribution in [0.1, 0.15) is 32.6 Å². The van der Waals surface area contributed by atoms with E-state index in [-0.39, 0.29) is 6.09 Å². The predicted molar refractivity (Wildman–Crippen MR) is 77.0 cm³/mol. The lowest BCUT2D eigenvalue weighted by molar-refractivity contribution is 0.0451. The summed E-state index contributed by atoms with van der Waals surface area (Å²) in [5.41, 5.74) is 0. The van der Waals surface area contributed by atoms with Gasteiger partial charge in [0.1, 0.15) is 0 Å². The highest BCUT2D eigenvalue weighted by Gasteiger charge is 1.99. The van der Waals surface area contributed by atoms with Crippen LogP contribution in [0.5, 0.6) is 0 Å². The molecule has 0 aromatic carbocycles. The molecule has 0 aliphatic heterocycles. The zero-order valence-corrected chi connectivity index (χ0v) is 12.8. The Morgan fingerprint density at radius 3 is 2.30 bits per heavy atom. The Balaban J connectivity index is 3.07. The number of ether oxygens (including phenoxy) is 4. The minimum atomic E-state index is -0.378. The van der Waals surface area contributed by atoms with Crippen LogP contribution >= 0.6 is 0 Å². The number of amides is 1. The van der Waals surface area contributed by atoms with Gasteiger partial charge in [-0.25, -0.2) is 4.79 Å². The second kappa shape index (κ2) is 16.2. The van der Waals surface area contributed by atoms with Crippen molar-refractivity contribution in [3.63, 3.8) is 0 Å². The highest BCUT2D eigenvalue weighted by atomic mass is 16.5. The summed E-state index contributed by atoms with van der Waals surface area (Å²) in [4.78, 5) is 11.2. The molecule has 0 aliphatic carbocycles. The molecule has 0 bridgehead atoms. The molecule has 0 spiro atoms. The third kappa shape index (κ3) is 15.2. The van der Waals surface area contributed by atoms with Gasteiger partial charge in [0.15, 0.2) is 0 Å². The molecule has 0 saturated carbocycles. The predicted octanol–water partition coefficient (Wildman–Crippen LogP) is 1.97. The van der Waals surface area contributed by atoms with Crippen molar-refractivity contribution >= 4 is 6.09 Å². The Hall–Kier alpha value is -0.850. The van der Waals surface area contributed by atoms with E-state index < -0.39 is 0 Å². The number of carbonyl (C=O) groups excluding carboxylic acids is 1. The number of alkyl carbamates (subject to hydrolysis) is 1. The van der Waals surface area contributed by atoms with E-state index in [0.29, 0.717) is 33.0 Å². The van der Waals surface area contributed by atoms with Gasteiger partial charge in [-0.1, -0.05) is 13.3 Å². The molecule has 0 aliphatic rings. The molecule has 0 saturated heterocycles. The minimum Gasteiger partial charge on any atom is -0.450 e. The van der Waals surface area contributed by atoms with Crippen LogP contribution < -0.4 is 5.32 Å². The Morgan fingerprint density at radius 1 is 0.900 bits per heavy atom. The van der Waals surface area contributed by atoms with E-state index >= 15 is 0 Å². The van der Waals surface area contributed by atoms with Crippen molar-refractivity contribution in [3.8, 4) is 0 Å². The van der Waals surface area contributed by atoms with Gasteiger partial charge >= 0.3 is 6.09 Å². The van der Waals surface area contributed by atoms with Crippen LogP contribution in [0.15, 0.2) is 0 Å². The first-order valence-corrected chi connectivity index (χ1v) is 7.36. The van der Waals surface area contributed by atoms with Crippen molar-refractivity contribution in [3.05, 3.63) is 0 Å². The standard InChI is InChI=1S/C14H29NO5/c1-3-4-10-20-14(16)15-7-11-19-13-12-18-9-6-5-8-17-2/h3-13H2,1-2H3,(H,15,16). The van der Waals surface area contributed by atoms with Crippen molar-refractivity contribution in [2.24, 2.45) is 0 Å². The number of carbonyl (C=O) groups is 1. The Morgan fingerprint density at radius 2 is 1.60 bits per heavy atom. The lowest BCUT2D eigenvalue weighted by Gasteiger charge is -2.07. The van der Waals surface area contributed by atoms with Crippen molar-refractivity contribution < 1.29 is 23.7 Å². The smallest absolute Gasteiger partial charge is 0.407 e. The van der Waals surface area contributed by atoms with Gasteiger partial charge in [0, 0.05) is 26.9 Å². The van der Waals surface area contributed by atoms with E-state index in [9.17, 15) is 4.79 Å². The highest BCUT2D eigenvalue weighted by molar-refractivity contribution is 5.66. The fraction of sp³-hybridized carbons (Fsp3) is 0.929. The Kier molecular flexibility index (Phi) is 15.5. The van der Waals surface area contributed by atoms with Crippen LogP contribution in [-0.4, -0.2) is 59.4 Å². The molecule has 1 amide bonds. The number of hydrogen-bond acceptors (Lipinski definition) is 5. The first-order chi connectivity index (χ1) is 9.81. The Labute approximate surface area is 122 Å². The van der Waals surface area contributed by atoms with E-state index in [4.69, 9.17) is 18.9 Å². The van der Waals surface area contributed by atoms with Crippen LogP contribution in [0.2, 0.25) is 0 Å². The molecule has 120 valence electrons. The van der Waals surface area contributed by atoms with E-state index in [1.54, 1.807) is 7.11 Å². The van der Waals surface area contributed by atoms with E-state index in [1.165, 1.54) is 0 Å². The maximum atomic E-state index is 11.2. The van der Waals surface area contributed by atoms with Gasteiger partial charge in [0.2, 0.25) is 0 Å². The number of rotatable bonds is 14. The van der Waals surface area contributed by atoms with Crippen molar-refractivity contribution in [2.45, 2.75) is 32.6 Å². The van der Waals surface area contributed by atoms with Crippen LogP contribution in [-0.2, 0) is 18.9 Å². The van der Waals surface area contributed by atoms with Gasteiger partial charge in [-0.05, 0) is 19.3 Å². The number of nitrogens with one attached hydrogen (secondary N) is 1. The molecule has 0 aromatic rings. The topological polar surface area (TPSA) is 66.0 Å². The van der Waals surface area contributed by atoms with Gasteiger partial charge in [-0.2, -0.15) is 0 Å². The number of methoxy groups -OCH3 is 1. The molecule has 0 rings (SSSR count). The van der Waals surface area contributed by atoms with Crippen molar-refractivity contribution in [1.82, 2.24) is 5.32 Å². The molecule has 20 heavy (non-hydrogen) atoms. The lowest BCUT2D eigenvalue weighted by Crippen LogP contribution is -2.28. The highest BCUT2D eigenvalue weighted by Crippen LogP contribution is 1.90. The van der Waals surface area contributed by atoms with Crippen molar-refractivity contribution in [1.29, 1.82) is 0 Å². The normalized spacial score (nSPS) is 10.5. The average Bonchev–Trinajstić information content (AvgIpc) is 2.45. The molecule has 0 radical (unpaired) electrons. The molecule has 6 nitrogen and oxygen atoms in total. The average molecular weight is 291 g/mol. The summed E-state index contributed by atoms with van der Waals surface area (Å²) in [5.74, 6) is 0. The summed E-state index contributed by atoms with van der Waals surface area (Å²) in [5, 5.41) is 2.63. The summed E-state index contributed by atoms with van der Waals surface area (Å²) < 4.78 is 20.6. The zero-order valence-electron chi connectivity index (χ0n) is 12.8. The zero-order chi connectivity index (χ0) is 14.9. The van der Waals surface area contributed by atoms with Gasteiger partial charge in [0.25, 0.3) is 0 Å². The summed E-state index contributed by atoms with van der Waals surface area (Å²) in [6.07, 6.45) is 3.55. The van der Waals surface area contributed by atoms with E-state index in [1.807, 2.05) is 0 Å². The molecule has 0 aromatic heterocycles. The van der Waals surface area contributed by atoms with Crippen LogP contribution in [0.4, 0.5) is 4.79 Å². The summed E-state index contributed by atoms with van der Waals surface area (Å²) in [6.45, 7) is 6.07. The van der Waals surface area contributed by atoms with E-state index in [0.717, 1.165) is 38.9 Å². The second-order valence-corrected chi connectivity index (χ2v) is 4.34. The summed E-state index contributed by atoms with van der Waals surface area (Å²) in [7, 11) is 1.70. The fourth-order valence-corrected chi connectivity index (χ4v) is 1.36. The van der Waals surface area contributed by atoms with Gasteiger partial charge in [-0.3, -0.25) is 0 Å². The monoisotopic (exact) mass is 291 g/mol. The molecular formula is C14H29NO5. The van der Waals surface area contributed by atoms with Gasteiger partial charge in [-0.15, -0.1) is 0 Å². The van der Waals surface area contributed by atoms with E-state index in [2.05, 4.69) is 12.2 Å². The summed E-state index contributed by atoms with van der Waals surface area (Å²) in [6, 6.07) is 0. The van der Waals surface area contributed by atoms with Crippen LogP contribution in [0, 0.1) is 0 Å². The second-order valence-electron chi connectivity index (χ2n) is 4.34. The van der Waals surface area contributed by atoms with Gasteiger partial charge < -0.3 is 24.3 Å². The molecule has 0 heterocycles. The van der Waals surface area contributed by atoms with Crippen molar-refractivity contribution in [2.75, 3.05) is 53.3 Å². The quantitative estimate of drug-likeness (QED) is 0.496. The molecule has 6 heteroatoms. The fourth-order valence-electron chi connectivity index (χ4n) is 1.36. The minimum absolute atomic E-state index is 0.378. The molecule has 0 unspecified atom stereocenters. The van der Waals surface area contributed by atoms with Crippen LogP contribution in [0.3, 0.4) is 0 Å². The molecule has 1 N–H and O–H groups in total. The Bertz CT molecular complexity index is 214. The molecular weight excluding hydrogens is 262 g/mol. The van der Waals surface area contributed by atoms with Gasteiger partial charge in [0.05, 0.1) is 26.4 Å². The first-order valence-electron chi connectivity index (χ1n) is 7.36. The lowest BCUT2D eigenvalue weighted by atomic mass is 10.3. The summed E-state index contributed by atoms with van der Waals surface area (Å²) >= 11 is 0. The maximum absolute atomic E-state index is 11.2. The number of unbranched alkanes of at least 4 members (excludes halogenated alkanes) is 2. The maximum Gasteiger partial charge on any atom is 0.407 e. The largest absolute Gasteiger partial charge is 0.450 e. The first kappa shape index (κ1) is 19.1. The van der Waals surface area contributed by atoms with Crippen LogP contribution in [0.25, 0.3) is 0 Å². The SMILES string of the molecule is CCCCOC(=O)NCCOCCOCCCCOC. The molecule has 0 atom stereocenters.